The molecule has 0 aliphatic carbocycles. The van der Waals surface area contributed by atoms with Crippen LogP contribution in [0.2, 0.25) is 0 Å². The van der Waals surface area contributed by atoms with Gasteiger partial charge < -0.3 is 19.1 Å². The van der Waals surface area contributed by atoms with Gasteiger partial charge in [0.15, 0.2) is 5.82 Å². The highest BCUT2D eigenvalue weighted by molar-refractivity contribution is 5.82. The second-order valence-corrected chi connectivity index (χ2v) is 8.32. The first-order chi connectivity index (χ1) is 12.8. The Morgan fingerprint density at radius 1 is 1.15 bits per heavy atom. The number of piperazine rings is 1. The van der Waals surface area contributed by atoms with Crippen LogP contribution in [0.5, 0.6) is 0 Å². The molecule has 2 aliphatic rings. The maximum Gasteiger partial charge on any atom is 0.251 e. The topological polar surface area (TPSA) is 88.8 Å². The van der Waals surface area contributed by atoms with Crippen LogP contribution in [-0.4, -0.2) is 70.6 Å². The zero-order valence-corrected chi connectivity index (χ0v) is 16.6. The molecule has 1 aromatic heterocycles. The number of rotatable bonds is 5. The molecular formula is C19H30N4O4. The summed E-state index contributed by atoms with van der Waals surface area (Å²) in [6, 6.07) is 0. The van der Waals surface area contributed by atoms with Crippen molar-refractivity contribution in [2.24, 2.45) is 0 Å². The Hall–Kier alpha value is -1.96. The molecule has 2 fully saturated rings. The van der Waals surface area contributed by atoms with Crippen molar-refractivity contribution in [2.75, 3.05) is 32.8 Å². The molecule has 8 heteroatoms. The fourth-order valence-electron chi connectivity index (χ4n) is 3.36. The highest BCUT2D eigenvalue weighted by Gasteiger charge is 2.31. The average Bonchev–Trinajstić information content (AvgIpc) is 3.32. The van der Waals surface area contributed by atoms with Crippen LogP contribution in [0, 0.1) is 0 Å². The Morgan fingerprint density at radius 3 is 2.44 bits per heavy atom. The monoisotopic (exact) mass is 378 g/mol. The van der Waals surface area contributed by atoms with Crippen molar-refractivity contribution < 1.29 is 18.8 Å². The third-order valence-corrected chi connectivity index (χ3v) is 5.07. The van der Waals surface area contributed by atoms with E-state index in [-0.39, 0.29) is 23.3 Å². The lowest BCUT2D eigenvalue weighted by Gasteiger charge is -2.35. The van der Waals surface area contributed by atoms with E-state index in [1.54, 1.807) is 0 Å². The predicted octanol–water partition coefficient (Wildman–Crippen LogP) is 1.54. The molecule has 0 bridgehead atoms. The number of nitrogens with zero attached hydrogens (tertiary/aromatic N) is 4. The molecule has 0 N–H and O–H groups in total. The number of carbonyl (C=O) groups excluding carboxylic acids is 2. The van der Waals surface area contributed by atoms with E-state index in [0.717, 1.165) is 12.8 Å². The van der Waals surface area contributed by atoms with Crippen molar-refractivity contribution in [1.29, 1.82) is 0 Å². The van der Waals surface area contributed by atoms with Gasteiger partial charge in [-0.05, 0) is 19.3 Å². The van der Waals surface area contributed by atoms with Crippen molar-refractivity contribution in [3.63, 3.8) is 0 Å². The van der Waals surface area contributed by atoms with Crippen molar-refractivity contribution >= 4 is 11.8 Å². The summed E-state index contributed by atoms with van der Waals surface area (Å²) >= 11 is 0. The van der Waals surface area contributed by atoms with Crippen LogP contribution in [0.15, 0.2) is 4.52 Å². The van der Waals surface area contributed by atoms with Crippen molar-refractivity contribution in [3.8, 4) is 0 Å². The van der Waals surface area contributed by atoms with Gasteiger partial charge in [-0.3, -0.25) is 9.59 Å². The molecule has 1 aromatic rings. The van der Waals surface area contributed by atoms with Gasteiger partial charge in [-0.2, -0.15) is 4.98 Å². The molecule has 1 unspecified atom stereocenters. The number of aryl methyl sites for hydroxylation is 1. The Kier molecular flexibility index (Phi) is 6.14. The molecule has 1 atom stereocenters. The minimum Gasteiger partial charge on any atom is -0.368 e. The molecule has 3 rings (SSSR count). The van der Waals surface area contributed by atoms with Crippen LogP contribution >= 0.6 is 0 Å². The largest absolute Gasteiger partial charge is 0.368 e. The summed E-state index contributed by atoms with van der Waals surface area (Å²) < 4.78 is 10.7. The molecule has 0 radical (unpaired) electrons. The Balaban J connectivity index is 1.38. The van der Waals surface area contributed by atoms with Crippen molar-refractivity contribution in [2.45, 2.75) is 64.4 Å². The number of hydrogen-bond donors (Lipinski definition) is 0. The summed E-state index contributed by atoms with van der Waals surface area (Å²) in [5, 5.41) is 4.00. The number of amides is 2. The van der Waals surface area contributed by atoms with E-state index in [9.17, 15) is 9.59 Å². The zero-order chi connectivity index (χ0) is 19.4. The molecule has 2 saturated heterocycles. The molecule has 2 aliphatic heterocycles. The summed E-state index contributed by atoms with van der Waals surface area (Å²) in [7, 11) is 0. The molecular weight excluding hydrogens is 348 g/mol. The molecule has 2 amide bonds. The standard InChI is InChI=1S/C19H30N4O4/c1-19(2,3)18-20-15(27-21-18)7-4-8-16(24)22-9-11-23(12-10-22)17(25)14-6-5-13-26-14/h14H,4-13H2,1-3H3. The molecule has 27 heavy (non-hydrogen) atoms. The minimum atomic E-state index is -0.278. The van der Waals surface area contributed by atoms with E-state index in [0.29, 0.717) is 63.8 Å². The van der Waals surface area contributed by atoms with E-state index in [1.807, 2.05) is 30.6 Å². The highest BCUT2D eigenvalue weighted by atomic mass is 16.5. The Bertz CT molecular complexity index is 653. The van der Waals surface area contributed by atoms with E-state index in [4.69, 9.17) is 9.26 Å². The van der Waals surface area contributed by atoms with Crippen molar-refractivity contribution in [3.05, 3.63) is 11.7 Å². The van der Waals surface area contributed by atoms with E-state index in [2.05, 4.69) is 10.1 Å². The number of hydrogen-bond acceptors (Lipinski definition) is 6. The van der Waals surface area contributed by atoms with Gasteiger partial charge in [0, 0.05) is 51.0 Å². The average molecular weight is 378 g/mol. The lowest BCUT2D eigenvalue weighted by atomic mass is 9.96. The van der Waals surface area contributed by atoms with Gasteiger partial charge in [-0.1, -0.05) is 25.9 Å². The van der Waals surface area contributed by atoms with E-state index >= 15 is 0 Å². The number of ether oxygens (including phenoxy) is 1. The SMILES string of the molecule is CC(C)(C)c1noc(CCCC(=O)N2CCN(C(=O)C3CCCO3)CC2)n1. The Morgan fingerprint density at radius 2 is 1.85 bits per heavy atom. The van der Waals surface area contributed by atoms with Gasteiger partial charge in [-0.25, -0.2) is 0 Å². The first-order valence-corrected chi connectivity index (χ1v) is 9.86. The van der Waals surface area contributed by atoms with Crippen LogP contribution in [0.3, 0.4) is 0 Å². The maximum absolute atomic E-state index is 12.4. The summed E-state index contributed by atoms with van der Waals surface area (Å²) in [6.07, 6.45) is 3.22. The third kappa shape index (κ3) is 5.06. The second-order valence-electron chi connectivity index (χ2n) is 8.32. The first kappa shape index (κ1) is 19.8. The molecule has 150 valence electrons. The number of carbonyl (C=O) groups is 2. The predicted molar refractivity (Wildman–Crippen MR) is 98.1 cm³/mol. The quantitative estimate of drug-likeness (QED) is 0.772. The normalized spacial score (nSPS) is 20.9. The van der Waals surface area contributed by atoms with Gasteiger partial charge in [0.1, 0.15) is 6.10 Å². The minimum absolute atomic E-state index is 0.0747. The van der Waals surface area contributed by atoms with E-state index in [1.165, 1.54) is 0 Å². The number of aromatic nitrogens is 2. The molecule has 8 nitrogen and oxygen atoms in total. The summed E-state index contributed by atoms with van der Waals surface area (Å²) in [5.74, 6) is 1.47. The second kappa shape index (κ2) is 8.37. The summed E-state index contributed by atoms with van der Waals surface area (Å²) in [4.78, 5) is 32.8. The van der Waals surface area contributed by atoms with Gasteiger partial charge in [0.05, 0.1) is 0 Å². The van der Waals surface area contributed by atoms with Gasteiger partial charge >= 0.3 is 0 Å². The van der Waals surface area contributed by atoms with Gasteiger partial charge in [0.2, 0.25) is 11.8 Å². The first-order valence-electron chi connectivity index (χ1n) is 9.86. The van der Waals surface area contributed by atoms with Crippen LogP contribution in [0.1, 0.15) is 58.2 Å². The van der Waals surface area contributed by atoms with Crippen LogP contribution < -0.4 is 0 Å². The van der Waals surface area contributed by atoms with Gasteiger partial charge in [0.25, 0.3) is 5.91 Å². The highest BCUT2D eigenvalue weighted by Crippen LogP contribution is 2.19. The lowest BCUT2D eigenvalue weighted by Crippen LogP contribution is -2.52. The molecule has 0 aromatic carbocycles. The van der Waals surface area contributed by atoms with Crippen LogP contribution in [-0.2, 0) is 26.2 Å². The van der Waals surface area contributed by atoms with Gasteiger partial charge in [-0.15, -0.1) is 0 Å². The molecule has 0 spiro atoms. The fraction of sp³-hybridized carbons (Fsp3) is 0.789. The van der Waals surface area contributed by atoms with Crippen molar-refractivity contribution in [1.82, 2.24) is 19.9 Å². The Labute approximate surface area is 160 Å². The summed E-state index contributed by atoms with van der Waals surface area (Å²) in [6.45, 7) is 9.13. The van der Waals surface area contributed by atoms with Crippen LogP contribution in [0.25, 0.3) is 0 Å². The maximum atomic E-state index is 12.4. The smallest absolute Gasteiger partial charge is 0.251 e. The summed E-state index contributed by atoms with van der Waals surface area (Å²) in [5.41, 5.74) is -0.141. The third-order valence-electron chi connectivity index (χ3n) is 5.07. The molecule has 0 saturated carbocycles. The van der Waals surface area contributed by atoms with E-state index < -0.39 is 0 Å². The molecule has 3 heterocycles. The fourth-order valence-corrected chi connectivity index (χ4v) is 3.36. The van der Waals surface area contributed by atoms with Crippen LogP contribution in [0.4, 0.5) is 0 Å². The zero-order valence-electron chi connectivity index (χ0n) is 16.6. The lowest BCUT2D eigenvalue weighted by molar-refractivity contribution is -0.146.